The summed E-state index contributed by atoms with van der Waals surface area (Å²) >= 11 is 1.51. The Bertz CT molecular complexity index is 507. The monoisotopic (exact) mass is 296 g/mol. The van der Waals surface area contributed by atoms with Gasteiger partial charge in [-0.2, -0.15) is 0 Å². The van der Waals surface area contributed by atoms with Gasteiger partial charge in [0.1, 0.15) is 11.5 Å². The van der Waals surface area contributed by atoms with E-state index in [9.17, 15) is 9.90 Å². The maximum Gasteiger partial charge on any atom is 0.314 e. The third-order valence-electron chi connectivity index (χ3n) is 4.07. The number of ether oxygens (including phenoxy) is 2. The van der Waals surface area contributed by atoms with Crippen molar-refractivity contribution in [2.45, 2.75) is 36.0 Å². The van der Waals surface area contributed by atoms with Crippen LogP contribution >= 0.6 is 11.8 Å². The first-order chi connectivity index (χ1) is 9.60. The molecule has 0 unspecified atom stereocenters. The van der Waals surface area contributed by atoms with Crippen LogP contribution in [-0.2, 0) is 10.2 Å². The second kappa shape index (κ2) is 5.95. The average molecular weight is 296 g/mol. The van der Waals surface area contributed by atoms with E-state index in [2.05, 4.69) is 0 Å². The van der Waals surface area contributed by atoms with Gasteiger partial charge in [0.05, 0.1) is 24.5 Å². The molecule has 5 heteroatoms. The van der Waals surface area contributed by atoms with Gasteiger partial charge in [0.2, 0.25) is 0 Å². The fourth-order valence-electron chi connectivity index (χ4n) is 3.08. The number of benzene rings is 1. The Morgan fingerprint density at radius 2 is 1.75 bits per heavy atom. The van der Waals surface area contributed by atoms with Crippen LogP contribution in [0.1, 0.15) is 31.2 Å². The number of carbonyl (C=O) groups is 1. The Balaban J connectivity index is 2.72. The molecule has 0 radical (unpaired) electrons. The van der Waals surface area contributed by atoms with Gasteiger partial charge in [0, 0.05) is 5.56 Å². The van der Waals surface area contributed by atoms with Gasteiger partial charge in [-0.15, -0.1) is 11.8 Å². The van der Waals surface area contributed by atoms with Crippen LogP contribution in [-0.4, -0.2) is 31.6 Å². The number of thioether (sulfide) groups is 1. The summed E-state index contributed by atoms with van der Waals surface area (Å²) < 4.78 is 10.8. The molecule has 1 aromatic carbocycles. The summed E-state index contributed by atoms with van der Waals surface area (Å²) in [6.45, 7) is 0. The van der Waals surface area contributed by atoms with Crippen molar-refractivity contribution < 1.29 is 19.4 Å². The minimum atomic E-state index is -0.849. The molecule has 2 rings (SSSR count). The van der Waals surface area contributed by atoms with E-state index in [4.69, 9.17) is 9.47 Å². The van der Waals surface area contributed by atoms with E-state index < -0.39 is 11.4 Å². The summed E-state index contributed by atoms with van der Waals surface area (Å²) in [6, 6.07) is 3.63. The van der Waals surface area contributed by atoms with Gasteiger partial charge in [-0.1, -0.05) is 12.8 Å². The van der Waals surface area contributed by atoms with Crippen molar-refractivity contribution in [1.29, 1.82) is 0 Å². The largest absolute Gasteiger partial charge is 0.496 e. The highest BCUT2D eigenvalue weighted by Gasteiger charge is 2.46. The number of carboxylic acid groups (broad SMARTS) is 1. The zero-order chi connectivity index (χ0) is 14.8. The average Bonchev–Trinajstić information content (AvgIpc) is 2.96. The molecular formula is C15H20O4S. The van der Waals surface area contributed by atoms with Gasteiger partial charge in [-0.25, -0.2) is 0 Å². The first-order valence-corrected chi connectivity index (χ1v) is 7.86. The van der Waals surface area contributed by atoms with Crippen LogP contribution in [0.25, 0.3) is 0 Å². The molecule has 1 aliphatic rings. The van der Waals surface area contributed by atoms with Crippen molar-refractivity contribution in [2.24, 2.45) is 0 Å². The molecule has 1 fully saturated rings. The molecule has 0 bridgehead atoms. The van der Waals surface area contributed by atoms with Crippen LogP contribution in [0.5, 0.6) is 11.5 Å². The SMILES string of the molecule is COc1ccc(OC)c(C2(C(=O)O)CCCC2)c1SC. The molecule has 0 aromatic heterocycles. The molecule has 0 atom stereocenters. The van der Waals surface area contributed by atoms with Crippen molar-refractivity contribution in [3.05, 3.63) is 17.7 Å². The maximum absolute atomic E-state index is 12.0. The Morgan fingerprint density at radius 3 is 2.20 bits per heavy atom. The lowest BCUT2D eigenvalue weighted by molar-refractivity contribution is -0.143. The molecule has 20 heavy (non-hydrogen) atoms. The van der Waals surface area contributed by atoms with Gasteiger partial charge < -0.3 is 14.6 Å². The third-order valence-corrected chi connectivity index (χ3v) is 4.89. The molecule has 0 saturated heterocycles. The van der Waals surface area contributed by atoms with Crippen molar-refractivity contribution in [3.63, 3.8) is 0 Å². The van der Waals surface area contributed by atoms with Gasteiger partial charge in [0.25, 0.3) is 0 Å². The second-order valence-electron chi connectivity index (χ2n) is 4.97. The Kier molecular flexibility index (Phi) is 4.48. The lowest BCUT2D eigenvalue weighted by atomic mass is 9.78. The highest BCUT2D eigenvalue weighted by molar-refractivity contribution is 7.98. The molecule has 0 spiro atoms. The van der Waals surface area contributed by atoms with E-state index in [1.165, 1.54) is 11.8 Å². The van der Waals surface area contributed by atoms with E-state index in [1.807, 2.05) is 12.3 Å². The van der Waals surface area contributed by atoms with Crippen LogP contribution < -0.4 is 9.47 Å². The predicted molar refractivity (Wildman–Crippen MR) is 79.1 cm³/mol. The summed E-state index contributed by atoms with van der Waals surface area (Å²) in [5, 5.41) is 9.82. The lowest BCUT2D eigenvalue weighted by Crippen LogP contribution is -2.33. The quantitative estimate of drug-likeness (QED) is 0.845. The number of methoxy groups -OCH3 is 2. The first kappa shape index (κ1) is 15.0. The molecule has 1 aromatic rings. The lowest BCUT2D eigenvalue weighted by Gasteiger charge is -2.29. The second-order valence-corrected chi connectivity index (χ2v) is 5.79. The highest BCUT2D eigenvalue weighted by atomic mass is 32.2. The summed E-state index contributed by atoms with van der Waals surface area (Å²) in [4.78, 5) is 12.8. The van der Waals surface area contributed by atoms with E-state index in [0.29, 0.717) is 24.3 Å². The molecule has 4 nitrogen and oxygen atoms in total. The van der Waals surface area contributed by atoms with Crippen molar-refractivity contribution in [3.8, 4) is 11.5 Å². The van der Waals surface area contributed by atoms with Crippen molar-refractivity contribution in [1.82, 2.24) is 0 Å². The maximum atomic E-state index is 12.0. The smallest absolute Gasteiger partial charge is 0.314 e. The fraction of sp³-hybridized carbons (Fsp3) is 0.533. The molecular weight excluding hydrogens is 276 g/mol. The van der Waals surface area contributed by atoms with E-state index in [1.54, 1.807) is 20.3 Å². The molecule has 0 aliphatic heterocycles. The van der Waals surface area contributed by atoms with Gasteiger partial charge >= 0.3 is 5.97 Å². The van der Waals surface area contributed by atoms with E-state index >= 15 is 0 Å². The fourth-order valence-corrected chi connectivity index (χ4v) is 3.93. The van der Waals surface area contributed by atoms with Crippen LogP contribution in [0.4, 0.5) is 0 Å². The van der Waals surface area contributed by atoms with Crippen LogP contribution in [0, 0.1) is 0 Å². The topological polar surface area (TPSA) is 55.8 Å². The number of rotatable bonds is 5. The normalized spacial score (nSPS) is 16.9. The molecule has 0 heterocycles. The predicted octanol–water partition coefficient (Wildman–Crippen LogP) is 3.32. The van der Waals surface area contributed by atoms with E-state index in [0.717, 1.165) is 23.3 Å². The van der Waals surface area contributed by atoms with Gasteiger partial charge in [-0.05, 0) is 31.2 Å². The summed E-state index contributed by atoms with van der Waals surface area (Å²) in [5.41, 5.74) is -0.0741. The highest BCUT2D eigenvalue weighted by Crippen LogP contribution is 2.50. The minimum Gasteiger partial charge on any atom is -0.496 e. The Labute approximate surface area is 123 Å². The summed E-state index contributed by atoms with van der Waals surface area (Å²) in [6.07, 6.45) is 5.10. The summed E-state index contributed by atoms with van der Waals surface area (Å²) in [7, 11) is 3.19. The van der Waals surface area contributed by atoms with Crippen LogP contribution in [0.3, 0.4) is 0 Å². The number of hydrogen-bond acceptors (Lipinski definition) is 4. The Hall–Kier alpha value is -1.36. The van der Waals surface area contributed by atoms with Crippen LogP contribution in [0.2, 0.25) is 0 Å². The standard InChI is InChI=1S/C15H20O4S/c1-18-10-6-7-11(19-2)13(20-3)12(10)15(14(16)17)8-4-5-9-15/h6-7H,4-5,8-9H2,1-3H3,(H,16,17). The molecule has 0 amide bonds. The number of carboxylic acids is 1. The number of aliphatic carboxylic acids is 1. The molecule has 1 saturated carbocycles. The molecule has 110 valence electrons. The van der Waals surface area contributed by atoms with Gasteiger partial charge in [0.15, 0.2) is 0 Å². The van der Waals surface area contributed by atoms with Crippen LogP contribution in [0.15, 0.2) is 17.0 Å². The minimum absolute atomic E-state index is 0.638. The van der Waals surface area contributed by atoms with Gasteiger partial charge in [-0.3, -0.25) is 4.79 Å². The van der Waals surface area contributed by atoms with E-state index in [-0.39, 0.29) is 0 Å². The number of hydrogen-bond donors (Lipinski definition) is 1. The van der Waals surface area contributed by atoms with Crippen molar-refractivity contribution >= 4 is 17.7 Å². The third kappa shape index (κ3) is 2.24. The summed E-state index contributed by atoms with van der Waals surface area (Å²) in [5.74, 6) is 0.581. The Morgan fingerprint density at radius 1 is 1.20 bits per heavy atom. The zero-order valence-electron chi connectivity index (χ0n) is 12.1. The first-order valence-electron chi connectivity index (χ1n) is 6.63. The molecule has 1 aliphatic carbocycles. The van der Waals surface area contributed by atoms with Crippen molar-refractivity contribution in [2.75, 3.05) is 20.5 Å². The molecule has 1 N–H and O–H groups in total. The zero-order valence-corrected chi connectivity index (χ0v) is 12.9.